The van der Waals surface area contributed by atoms with Crippen molar-refractivity contribution in [1.29, 1.82) is 0 Å². The second-order valence-corrected chi connectivity index (χ2v) is 15.5. The molecule has 0 aliphatic carbocycles. The zero-order valence-corrected chi connectivity index (χ0v) is 34.6. The molecule has 0 spiro atoms. The predicted molar refractivity (Wildman–Crippen MR) is 222 cm³/mol. The van der Waals surface area contributed by atoms with Crippen molar-refractivity contribution < 1.29 is 28.7 Å². The molecule has 2 aliphatic rings. The Labute approximate surface area is 345 Å². The van der Waals surface area contributed by atoms with Gasteiger partial charge < -0.3 is 39.9 Å². The average Bonchev–Trinajstić information content (AvgIpc) is 4.07. The Morgan fingerprint density at radius 1 is 0.746 bits per heavy atom. The highest BCUT2D eigenvalue weighted by atomic mass is 16.5. The van der Waals surface area contributed by atoms with Crippen LogP contribution in [0.25, 0.3) is 22.4 Å². The van der Waals surface area contributed by atoms with Crippen LogP contribution in [-0.4, -0.2) is 93.1 Å². The highest BCUT2D eigenvalue weighted by molar-refractivity contribution is 5.87. The Kier molecular flexibility index (Phi) is 13.4. The number of H-pyrrole nitrogens is 2. The number of nitrogens with zero attached hydrogens (tertiary/aromatic N) is 4. The molecule has 308 valence electrons. The normalized spacial score (nSPS) is 17.1. The van der Waals surface area contributed by atoms with Crippen LogP contribution in [-0.2, 0) is 19.1 Å². The number of carbonyl (C=O) groups is 4. The van der Waals surface area contributed by atoms with Gasteiger partial charge in [-0.2, -0.15) is 0 Å². The Balaban J connectivity index is 1.22. The van der Waals surface area contributed by atoms with Crippen LogP contribution in [0.3, 0.4) is 0 Å². The molecule has 4 atom stereocenters. The number of methoxy groups -OCH3 is 2. The minimum absolute atomic E-state index is 0.130. The van der Waals surface area contributed by atoms with Gasteiger partial charge in [0.05, 0.1) is 44.4 Å². The molecule has 2 fully saturated rings. The average molecular weight is 801 g/mol. The van der Waals surface area contributed by atoms with Crippen molar-refractivity contribution in [2.24, 2.45) is 11.8 Å². The molecular weight excluding hydrogens is 749 g/mol. The lowest BCUT2D eigenvalue weighted by molar-refractivity contribution is -0.136. The number of likely N-dealkylation sites (tertiary alicyclic amines) is 2. The lowest BCUT2D eigenvalue weighted by atomic mass is 9.93. The number of imidazole rings is 2. The van der Waals surface area contributed by atoms with E-state index in [9.17, 15) is 19.2 Å². The molecule has 4 heterocycles. The maximum absolute atomic E-state index is 13.7. The molecular formula is C45H52N8O6. The molecule has 4 N–H and O–H groups in total. The van der Waals surface area contributed by atoms with E-state index in [-0.39, 0.29) is 35.7 Å². The first-order valence-electron chi connectivity index (χ1n) is 20.0. The van der Waals surface area contributed by atoms with Crippen molar-refractivity contribution in [3.8, 4) is 46.1 Å². The van der Waals surface area contributed by atoms with Crippen LogP contribution in [0, 0.1) is 42.4 Å². The largest absolute Gasteiger partial charge is 0.453 e. The number of aromatic amines is 2. The van der Waals surface area contributed by atoms with Crippen molar-refractivity contribution in [2.75, 3.05) is 27.3 Å². The first-order chi connectivity index (χ1) is 28.4. The fourth-order valence-electron chi connectivity index (χ4n) is 7.75. The van der Waals surface area contributed by atoms with E-state index in [1.807, 2.05) is 65.0 Å². The zero-order valence-electron chi connectivity index (χ0n) is 34.6. The van der Waals surface area contributed by atoms with E-state index in [1.54, 1.807) is 22.2 Å². The van der Waals surface area contributed by atoms with Gasteiger partial charge in [0, 0.05) is 24.2 Å². The molecule has 59 heavy (non-hydrogen) atoms. The van der Waals surface area contributed by atoms with E-state index < -0.39 is 24.3 Å². The van der Waals surface area contributed by atoms with Crippen molar-refractivity contribution >= 4 is 24.0 Å². The van der Waals surface area contributed by atoms with Gasteiger partial charge >= 0.3 is 12.2 Å². The summed E-state index contributed by atoms with van der Waals surface area (Å²) >= 11 is 0. The fourth-order valence-corrected chi connectivity index (χ4v) is 7.75. The highest BCUT2D eigenvalue weighted by Crippen LogP contribution is 2.35. The van der Waals surface area contributed by atoms with Gasteiger partial charge in [0.25, 0.3) is 0 Å². The second kappa shape index (κ2) is 18.8. The number of hydrogen-bond donors (Lipinski definition) is 4. The Hall–Kier alpha value is -6.54. The van der Waals surface area contributed by atoms with E-state index in [0.29, 0.717) is 30.4 Å². The third-order valence-corrected chi connectivity index (χ3v) is 10.9. The lowest BCUT2D eigenvalue weighted by Crippen LogP contribution is -2.51. The number of alkyl carbamates (subject to hydrolysis) is 2. The van der Waals surface area contributed by atoms with Crippen LogP contribution in [0.4, 0.5) is 9.59 Å². The molecule has 14 nitrogen and oxygen atoms in total. The van der Waals surface area contributed by atoms with Crippen LogP contribution < -0.4 is 10.6 Å². The Morgan fingerprint density at radius 3 is 1.85 bits per heavy atom. The molecule has 4 aromatic rings. The summed E-state index contributed by atoms with van der Waals surface area (Å²) in [5.41, 5.74) is 6.03. The Bertz CT molecular complexity index is 2290. The molecule has 0 unspecified atom stereocenters. The minimum Gasteiger partial charge on any atom is -0.453 e. The number of aryl methyl sites for hydroxylation is 1. The molecule has 2 aromatic carbocycles. The number of rotatable bonds is 10. The van der Waals surface area contributed by atoms with Gasteiger partial charge in [0.1, 0.15) is 29.4 Å². The second-order valence-electron chi connectivity index (χ2n) is 15.5. The fraction of sp³-hybridized carbons (Fsp3) is 0.422. The minimum atomic E-state index is -0.718. The number of benzene rings is 2. The number of ether oxygens (including phenoxy) is 2. The molecule has 0 saturated carbocycles. The van der Waals surface area contributed by atoms with E-state index in [4.69, 9.17) is 14.5 Å². The third-order valence-electron chi connectivity index (χ3n) is 10.9. The topological polar surface area (TPSA) is 175 Å². The zero-order chi connectivity index (χ0) is 42.2. The summed E-state index contributed by atoms with van der Waals surface area (Å²) in [6, 6.07) is 12.2. The van der Waals surface area contributed by atoms with Crippen molar-refractivity contribution in [1.82, 2.24) is 40.4 Å². The monoisotopic (exact) mass is 800 g/mol. The van der Waals surface area contributed by atoms with E-state index in [0.717, 1.165) is 59.2 Å². The molecule has 2 aliphatic heterocycles. The molecule has 14 heteroatoms. The van der Waals surface area contributed by atoms with Gasteiger partial charge in [0.15, 0.2) is 0 Å². The standard InChI is InChI=1S/C45H52N8O6/c1-27(2)38(50-44(56)58-6)42(54)52-21-13-19-36(52)40-46-25-32(48-40)17-11-12-18-33-29(5)23-31(24-34(33)30-15-9-8-10-16-30)35-26-47-41(49-35)37-20-14-22-53(37)43(55)39(28(3)4)51-45(57)59-7/h8-10,15-16,23-28,36-39H,13-14,19-22H2,1-7H3,(H,46,48)(H,47,49)(H,50,56)(H,51,57)/t36-,37-,38-,39-/m0/s1. The predicted octanol–water partition coefficient (Wildman–Crippen LogP) is 6.27. The lowest BCUT2D eigenvalue weighted by Gasteiger charge is -2.30. The first-order valence-corrected chi connectivity index (χ1v) is 20.0. The summed E-state index contributed by atoms with van der Waals surface area (Å²) in [6.07, 6.45) is 5.28. The summed E-state index contributed by atoms with van der Waals surface area (Å²) < 4.78 is 9.53. The van der Waals surface area contributed by atoms with Crippen LogP contribution in [0.2, 0.25) is 0 Å². The summed E-state index contributed by atoms with van der Waals surface area (Å²) in [5.74, 6) is 13.1. The van der Waals surface area contributed by atoms with Gasteiger partial charge in [-0.3, -0.25) is 9.59 Å². The Morgan fingerprint density at radius 2 is 1.29 bits per heavy atom. The SMILES string of the molecule is COC(=O)N[C@H](C(=O)N1CCC[C@H]1c1ncc(C#CC#Cc2c(C)cc(-c3cnc([C@@H]4CCCN4C(=O)[C@@H](NC(=O)OC)C(C)C)[nH]3)cc2-c2ccccc2)[nH]1)C(C)C. The highest BCUT2D eigenvalue weighted by Gasteiger charge is 2.39. The van der Waals surface area contributed by atoms with E-state index >= 15 is 0 Å². The van der Waals surface area contributed by atoms with Gasteiger partial charge in [-0.1, -0.05) is 63.9 Å². The molecule has 0 bridgehead atoms. The number of hydrogen-bond acceptors (Lipinski definition) is 8. The van der Waals surface area contributed by atoms with Gasteiger partial charge in [-0.15, -0.1) is 0 Å². The van der Waals surface area contributed by atoms with Crippen LogP contribution in [0.1, 0.15) is 93.9 Å². The van der Waals surface area contributed by atoms with Gasteiger partial charge in [-0.25, -0.2) is 19.6 Å². The van der Waals surface area contributed by atoms with Crippen LogP contribution in [0.15, 0.2) is 54.9 Å². The quantitative estimate of drug-likeness (QED) is 0.136. The maximum atomic E-state index is 13.7. The summed E-state index contributed by atoms with van der Waals surface area (Å²) in [6.45, 7) is 10.7. The van der Waals surface area contributed by atoms with Gasteiger partial charge in [0.2, 0.25) is 11.8 Å². The number of nitrogens with one attached hydrogen (secondary N) is 4. The molecule has 4 amide bonds. The van der Waals surface area contributed by atoms with Crippen molar-refractivity contribution in [3.05, 3.63) is 83.3 Å². The molecule has 0 radical (unpaired) electrons. The summed E-state index contributed by atoms with van der Waals surface area (Å²) in [5, 5.41) is 5.38. The maximum Gasteiger partial charge on any atom is 0.407 e. The number of amides is 4. The molecule has 2 saturated heterocycles. The first kappa shape index (κ1) is 42.1. The van der Waals surface area contributed by atoms with Crippen LogP contribution in [0.5, 0.6) is 0 Å². The molecule has 2 aromatic heterocycles. The summed E-state index contributed by atoms with van der Waals surface area (Å²) in [4.78, 5) is 70.9. The van der Waals surface area contributed by atoms with E-state index in [1.165, 1.54) is 14.2 Å². The smallest absolute Gasteiger partial charge is 0.407 e. The third kappa shape index (κ3) is 9.61. The molecule has 6 rings (SSSR count). The van der Waals surface area contributed by atoms with Crippen molar-refractivity contribution in [2.45, 2.75) is 84.5 Å². The number of carbonyl (C=O) groups excluding carboxylic acids is 4. The number of aromatic nitrogens is 4. The van der Waals surface area contributed by atoms with Crippen molar-refractivity contribution in [3.63, 3.8) is 0 Å². The van der Waals surface area contributed by atoms with Gasteiger partial charge in [-0.05, 0) is 91.0 Å². The summed E-state index contributed by atoms with van der Waals surface area (Å²) in [7, 11) is 2.56. The van der Waals surface area contributed by atoms with E-state index in [2.05, 4.69) is 61.4 Å². The van der Waals surface area contributed by atoms with Crippen LogP contribution >= 0.6 is 0 Å².